The topological polar surface area (TPSA) is 36.9 Å². The first-order valence-corrected chi connectivity index (χ1v) is 11.1. The van der Waals surface area contributed by atoms with Gasteiger partial charge in [-0.25, -0.2) is 0 Å². The van der Waals surface area contributed by atoms with Crippen molar-refractivity contribution in [2.45, 2.75) is 92.1 Å². The van der Waals surface area contributed by atoms with Gasteiger partial charge >= 0.3 is 0 Å². The average Bonchev–Trinajstić information content (AvgIpc) is 2.67. The molecule has 4 nitrogen and oxygen atoms in total. The van der Waals surface area contributed by atoms with Crippen molar-refractivity contribution in [2.24, 2.45) is 0 Å². The minimum absolute atomic E-state index is 0.0954. The molecule has 4 heteroatoms. The molecule has 0 aromatic heterocycles. The Morgan fingerprint density at radius 1 is 0.714 bits per heavy atom. The van der Waals surface area contributed by atoms with Crippen LogP contribution in [-0.2, 0) is 24.4 Å². The summed E-state index contributed by atoms with van der Waals surface area (Å²) in [7, 11) is 0. The second-order valence-corrected chi connectivity index (χ2v) is 7.67. The van der Waals surface area contributed by atoms with Crippen LogP contribution in [0.4, 0.5) is 0 Å². The second kappa shape index (κ2) is 13.3. The molecule has 0 unspecified atom stereocenters. The SMILES string of the molecule is CCCCCC(C)(C)c1ccc(C(OCC)OCC)c(C(OCC)OCC)c1. The van der Waals surface area contributed by atoms with Gasteiger partial charge in [0.25, 0.3) is 0 Å². The molecule has 0 aliphatic rings. The van der Waals surface area contributed by atoms with Crippen LogP contribution in [0.3, 0.4) is 0 Å². The monoisotopic (exact) mass is 394 g/mol. The Kier molecular flexibility index (Phi) is 11.9. The minimum atomic E-state index is -0.417. The molecule has 0 radical (unpaired) electrons. The summed E-state index contributed by atoms with van der Waals surface area (Å²) < 4.78 is 23.7. The van der Waals surface area contributed by atoms with Crippen LogP contribution in [0.2, 0.25) is 0 Å². The fraction of sp³-hybridized carbons (Fsp3) is 0.750. The Labute approximate surface area is 172 Å². The average molecular weight is 395 g/mol. The normalized spacial score (nSPS) is 12.3. The van der Waals surface area contributed by atoms with E-state index in [1.54, 1.807) is 0 Å². The summed E-state index contributed by atoms with van der Waals surface area (Å²) in [5.74, 6) is 0. The van der Waals surface area contributed by atoms with E-state index in [1.165, 1.54) is 24.8 Å². The van der Waals surface area contributed by atoms with E-state index >= 15 is 0 Å². The molecule has 0 heterocycles. The van der Waals surface area contributed by atoms with E-state index in [2.05, 4.69) is 39.0 Å². The van der Waals surface area contributed by atoms with Gasteiger partial charge in [0, 0.05) is 37.6 Å². The third-order valence-corrected chi connectivity index (χ3v) is 5.05. The fourth-order valence-corrected chi connectivity index (χ4v) is 3.44. The summed E-state index contributed by atoms with van der Waals surface area (Å²) in [5, 5.41) is 0. The summed E-state index contributed by atoms with van der Waals surface area (Å²) in [6, 6.07) is 6.58. The van der Waals surface area contributed by atoms with Gasteiger partial charge in [0.05, 0.1) is 0 Å². The summed E-state index contributed by atoms with van der Waals surface area (Å²) in [4.78, 5) is 0. The van der Waals surface area contributed by atoms with Crippen molar-refractivity contribution in [3.05, 3.63) is 34.9 Å². The Morgan fingerprint density at radius 3 is 1.68 bits per heavy atom. The number of hydrogen-bond acceptors (Lipinski definition) is 4. The van der Waals surface area contributed by atoms with E-state index in [1.807, 2.05) is 27.7 Å². The standard InChI is InChI=1S/C24H42O4/c1-8-13-14-17-24(6,7)19-15-16-20(22(25-9-2)26-10-3)21(18-19)23(27-11-4)28-12-5/h15-16,18,22-23H,8-14,17H2,1-7H3. The van der Waals surface area contributed by atoms with Gasteiger partial charge in [0.15, 0.2) is 12.6 Å². The minimum Gasteiger partial charge on any atom is -0.349 e. The molecule has 1 aromatic rings. The first-order valence-electron chi connectivity index (χ1n) is 11.1. The molecule has 0 saturated heterocycles. The van der Waals surface area contributed by atoms with Crippen LogP contribution in [0.15, 0.2) is 18.2 Å². The molecule has 0 spiro atoms. The van der Waals surface area contributed by atoms with E-state index in [0.717, 1.165) is 17.5 Å². The van der Waals surface area contributed by atoms with E-state index < -0.39 is 12.6 Å². The summed E-state index contributed by atoms with van der Waals surface area (Å²) in [5.41, 5.74) is 3.40. The van der Waals surface area contributed by atoms with Crippen molar-refractivity contribution in [1.29, 1.82) is 0 Å². The molecule has 0 fully saturated rings. The molecule has 0 amide bonds. The molecule has 0 N–H and O–H groups in total. The van der Waals surface area contributed by atoms with Gasteiger partial charge in [-0.3, -0.25) is 0 Å². The lowest BCUT2D eigenvalue weighted by Crippen LogP contribution is -2.21. The highest BCUT2D eigenvalue weighted by atomic mass is 16.7. The molecule has 0 atom stereocenters. The van der Waals surface area contributed by atoms with Gasteiger partial charge in [-0.1, -0.05) is 52.2 Å². The Hall–Kier alpha value is -0.940. The van der Waals surface area contributed by atoms with Crippen LogP contribution in [0.25, 0.3) is 0 Å². The van der Waals surface area contributed by atoms with Crippen molar-refractivity contribution >= 4 is 0 Å². The van der Waals surface area contributed by atoms with Gasteiger partial charge < -0.3 is 18.9 Å². The van der Waals surface area contributed by atoms with Gasteiger partial charge in [-0.05, 0) is 51.2 Å². The van der Waals surface area contributed by atoms with Gasteiger partial charge in [-0.2, -0.15) is 0 Å². The second-order valence-electron chi connectivity index (χ2n) is 7.67. The highest BCUT2D eigenvalue weighted by molar-refractivity contribution is 5.37. The number of rotatable bonds is 15. The molecule has 0 saturated carbocycles. The zero-order valence-electron chi connectivity index (χ0n) is 19.2. The summed E-state index contributed by atoms with van der Waals surface area (Å²) in [6.45, 7) is 17.2. The third-order valence-electron chi connectivity index (χ3n) is 5.05. The van der Waals surface area contributed by atoms with Crippen molar-refractivity contribution in [3.63, 3.8) is 0 Å². The maximum atomic E-state index is 5.95. The summed E-state index contributed by atoms with van der Waals surface area (Å²) in [6.07, 6.45) is 4.08. The molecule has 1 aromatic carbocycles. The van der Waals surface area contributed by atoms with Crippen LogP contribution in [0.5, 0.6) is 0 Å². The van der Waals surface area contributed by atoms with Gasteiger partial charge in [-0.15, -0.1) is 0 Å². The highest BCUT2D eigenvalue weighted by Gasteiger charge is 2.27. The zero-order valence-corrected chi connectivity index (χ0v) is 19.2. The van der Waals surface area contributed by atoms with Crippen LogP contribution >= 0.6 is 0 Å². The Bertz CT molecular complexity index is 529. The molecular formula is C24H42O4. The molecule has 0 bridgehead atoms. The van der Waals surface area contributed by atoms with Gasteiger partial charge in [0.2, 0.25) is 0 Å². The van der Waals surface area contributed by atoms with Crippen LogP contribution in [-0.4, -0.2) is 26.4 Å². The maximum absolute atomic E-state index is 5.95. The molecular weight excluding hydrogens is 352 g/mol. The van der Waals surface area contributed by atoms with Crippen molar-refractivity contribution in [1.82, 2.24) is 0 Å². The molecule has 28 heavy (non-hydrogen) atoms. The lowest BCUT2D eigenvalue weighted by atomic mass is 9.79. The Balaban J connectivity index is 3.35. The van der Waals surface area contributed by atoms with Crippen molar-refractivity contribution in [3.8, 4) is 0 Å². The summed E-state index contributed by atoms with van der Waals surface area (Å²) >= 11 is 0. The Morgan fingerprint density at radius 2 is 1.21 bits per heavy atom. The predicted molar refractivity (Wildman–Crippen MR) is 116 cm³/mol. The van der Waals surface area contributed by atoms with Crippen LogP contribution < -0.4 is 0 Å². The fourth-order valence-electron chi connectivity index (χ4n) is 3.44. The van der Waals surface area contributed by atoms with E-state index in [4.69, 9.17) is 18.9 Å². The third kappa shape index (κ3) is 7.47. The van der Waals surface area contributed by atoms with Crippen molar-refractivity contribution in [2.75, 3.05) is 26.4 Å². The quantitative estimate of drug-likeness (QED) is 0.245. The van der Waals surface area contributed by atoms with Crippen LogP contribution in [0, 0.1) is 0 Å². The van der Waals surface area contributed by atoms with E-state index in [9.17, 15) is 0 Å². The van der Waals surface area contributed by atoms with Crippen molar-refractivity contribution < 1.29 is 18.9 Å². The lowest BCUT2D eigenvalue weighted by molar-refractivity contribution is -0.156. The van der Waals surface area contributed by atoms with Crippen LogP contribution in [0.1, 0.15) is 103 Å². The molecule has 0 aliphatic heterocycles. The predicted octanol–water partition coefficient (Wildman–Crippen LogP) is 6.69. The molecule has 1 rings (SSSR count). The van der Waals surface area contributed by atoms with E-state index in [0.29, 0.717) is 26.4 Å². The maximum Gasteiger partial charge on any atom is 0.184 e. The number of hydrogen-bond donors (Lipinski definition) is 0. The zero-order chi connectivity index (χ0) is 21.0. The number of unbranched alkanes of at least 4 members (excludes halogenated alkanes) is 2. The molecule has 0 aliphatic carbocycles. The lowest BCUT2D eigenvalue weighted by Gasteiger charge is -2.30. The first kappa shape index (κ1) is 25.1. The number of benzene rings is 1. The smallest absolute Gasteiger partial charge is 0.184 e. The highest BCUT2D eigenvalue weighted by Crippen LogP contribution is 2.36. The molecule has 162 valence electrons. The largest absolute Gasteiger partial charge is 0.349 e. The van der Waals surface area contributed by atoms with Gasteiger partial charge in [0.1, 0.15) is 0 Å². The van der Waals surface area contributed by atoms with E-state index in [-0.39, 0.29) is 5.41 Å². The first-order chi connectivity index (χ1) is 13.4. The number of ether oxygens (including phenoxy) is 4.